The van der Waals surface area contributed by atoms with Crippen LogP contribution in [0, 0.1) is 5.82 Å². The maximum Gasteiger partial charge on any atom is 0.254 e. The zero-order valence-corrected chi connectivity index (χ0v) is 21.8. The summed E-state index contributed by atoms with van der Waals surface area (Å²) in [4.78, 5) is 31.7. The van der Waals surface area contributed by atoms with Crippen molar-refractivity contribution < 1.29 is 23.5 Å². The SMILES string of the molecule is O=C(c1cccc(Cl)c1)N(CC(=O)N1CCc2sccc2[C@@H]1COc1ccccc1F)C[C@H]1CCCO1. The number of rotatable bonds is 8. The molecule has 0 N–H and O–H groups in total. The molecule has 37 heavy (non-hydrogen) atoms. The Morgan fingerprint density at radius 3 is 2.84 bits per heavy atom. The highest BCUT2D eigenvalue weighted by Gasteiger charge is 2.34. The average molecular weight is 543 g/mol. The van der Waals surface area contributed by atoms with Crippen molar-refractivity contribution in [3.05, 3.63) is 86.8 Å². The number of ether oxygens (including phenoxy) is 2. The molecule has 2 amide bonds. The Balaban J connectivity index is 1.36. The Morgan fingerprint density at radius 1 is 1.19 bits per heavy atom. The summed E-state index contributed by atoms with van der Waals surface area (Å²) < 4.78 is 25.8. The number of nitrogens with zero attached hydrogens (tertiary/aromatic N) is 2. The van der Waals surface area contributed by atoms with Crippen LogP contribution in [-0.2, 0) is 16.0 Å². The molecule has 0 spiro atoms. The Labute approximate surface area is 224 Å². The molecule has 9 heteroatoms. The fourth-order valence-electron chi connectivity index (χ4n) is 4.92. The average Bonchev–Trinajstić information content (AvgIpc) is 3.59. The van der Waals surface area contributed by atoms with E-state index in [4.69, 9.17) is 21.1 Å². The third kappa shape index (κ3) is 5.98. The lowest BCUT2D eigenvalue weighted by molar-refractivity contribution is -0.135. The van der Waals surface area contributed by atoms with E-state index in [9.17, 15) is 14.0 Å². The van der Waals surface area contributed by atoms with Crippen LogP contribution >= 0.6 is 22.9 Å². The van der Waals surface area contributed by atoms with E-state index in [1.165, 1.54) is 10.9 Å². The van der Waals surface area contributed by atoms with E-state index in [1.54, 1.807) is 63.6 Å². The van der Waals surface area contributed by atoms with E-state index >= 15 is 0 Å². The summed E-state index contributed by atoms with van der Waals surface area (Å²) >= 11 is 7.78. The molecule has 0 bridgehead atoms. The fraction of sp³-hybridized carbons (Fsp3) is 0.357. The van der Waals surface area contributed by atoms with Crippen molar-refractivity contribution in [2.24, 2.45) is 0 Å². The zero-order valence-electron chi connectivity index (χ0n) is 20.3. The minimum atomic E-state index is -0.448. The molecule has 194 valence electrons. The molecule has 6 nitrogen and oxygen atoms in total. The highest BCUT2D eigenvalue weighted by Crippen LogP contribution is 2.34. The summed E-state index contributed by atoms with van der Waals surface area (Å²) in [5.74, 6) is -0.754. The van der Waals surface area contributed by atoms with Crippen LogP contribution in [0.1, 0.15) is 39.7 Å². The second kappa shape index (κ2) is 11.6. The molecule has 1 saturated heterocycles. The van der Waals surface area contributed by atoms with Gasteiger partial charge in [0.1, 0.15) is 13.2 Å². The number of amides is 2. The molecule has 1 fully saturated rings. The van der Waals surface area contributed by atoms with E-state index in [2.05, 4.69) is 0 Å². The predicted octanol–water partition coefficient (Wildman–Crippen LogP) is 5.37. The monoisotopic (exact) mass is 542 g/mol. The topological polar surface area (TPSA) is 59.1 Å². The Kier molecular flexibility index (Phi) is 8.08. The second-order valence-electron chi connectivity index (χ2n) is 9.22. The predicted molar refractivity (Wildman–Crippen MR) is 141 cm³/mol. The number of halogens is 2. The first kappa shape index (κ1) is 25.7. The molecule has 2 atom stereocenters. The molecule has 2 aliphatic heterocycles. The summed E-state index contributed by atoms with van der Waals surface area (Å²) in [6.45, 7) is 1.49. The van der Waals surface area contributed by atoms with Crippen LogP contribution in [0.4, 0.5) is 4.39 Å². The summed E-state index contributed by atoms with van der Waals surface area (Å²) in [6.07, 6.45) is 2.39. The van der Waals surface area contributed by atoms with Crippen LogP contribution < -0.4 is 4.74 Å². The molecule has 2 aliphatic rings. The Morgan fingerprint density at radius 2 is 2.05 bits per heavy atom. The molecule has 0 aliphatic carbocycles. The van der Waals surface area contributed by atoms with E-state index in [-0.39, 0.29) is 42.9 Å². The normalized spacial score (nSPS) is 18.9. The van der Waals surface area contributed by atoms with Gasteiger partial charge in [0.25, 0.3) is 5.91 Å². The smallest absolute Gasteiger partial charge is 0.254 e. The third-order valence-corrected chi connectivity index (χ3v) is 8.01. The second-order valence-corrected chi connectivity index (χ2v) is 10.7. The number of hydrogen-bond acceptors (Lipinski definition) is 5. The molecule has 0 radical (unpaired) electrons. The van der Waals surface area contributed by atoms with Crippen LogP contribution in [0.5, 0.6) is 5.75 Å². The van der Waals surface area contributed by atoms with Gasteiger partial charge < -0.3 is 19.3 Å². The highest BCUT2D eigenvalue weighted by molar-refractivity contribution is 7.10. The lowest BCUT2D eigenvalue weighted by atomic mass is 10.00. The standard InChI is InChI=1S/C28H28ClFN2O4S/c29-20-6-3-5-19(15-20)28(34)31(16-21-7-4-13-35-21)17-27(33)32-12-10-26-22(11-14-37-26)24(32)18-36-25-9-2-1-8-23(25)30/h1-3,5-6,8-9,11,14-15,21,24H,4,7,10,12-13,16-18H2/t21-,24+/m1/s1. The van der Waals surface area contributed by atoms with Gasteiger partial charge in [-0.3, -0.25) is 9.59 Å². The van der Waals surface area contributed by atoms with Gasteiger partial charge in [0.2, 0.25) is 5.91 Å². The number of carbonyl (C=O) groups excluding carboxylic acids is 2. The molecule has 3 aromatic rings. The van der Waals surface area contributed by atoms with Crippen LogP contribution in [0.25, 0.3) is 0 Å². The van der Waals surface area contributed by atoms with Gasteiger partial charge in [-0.1, -0.05) is 29.8 Å². The largest absolute Gasteiger partial charge is 0.488 e. The van der Waals surface area contributed by atoms with Crippen molar-refractivity contribution in [2.75, 3.05) is 32.8 Å². The number of para-hydroxylation sites is 1. The summed E-state index contributed by atoms with van der Waals surface area (Å²) in [5.41, 5.74) is 1.43. The number of fused-ring (bicyclic) bond motifs is 1. The summed E-state index contributed by atoms with van der Waals surface area (Å²) in [7, 11) is 0. The molecular weight excluding hydrogens is 515 g/mol. The van der Waals surface area contributed by atoms with Gasteiger partial charge in [-0.05, 0) is 66.6 Å². The summed E-state index contributed by atoms with van der Waals surface area (Å²) in [6, 6.07) is 14.6. The van der Waals surface area contributed by atoms with Gasteiger partial charge in [0, 0.05) is 35.2 Å². The molecule has 2 aromatic carbocycles. The van der Waals surface area contributed by atoms with E-state index in [0.29, 0.717) is 30.3 Å². The molecule has 3 heterocycles. The molecule has 5 rings (SSSR count). The van der Waals surface area contributed by atoms with Gasteiger partial charge in [-0.25, -0.2) is 4.39 Å². The maximum absolute atomic E-state index is 14.2. The fourth-order valence-corrected chi connectivity index (χ4v) is 6.04. The number of benzene rings is 2. The van der Waals surface area contributed by atoms with Crippen LogP contribution in [-0.4, -0.2) is 60.6 Å². The molecule has 0 saturated carbocycles. The van der Waals surface area contributed by atoms with Crippen LogP contribution in [0.3, 0.4) is 0 Å². The van der Waals surface area contributed by atoms with E-state index < -0.39 is 5.82 Å². The molecule has 1 aromatic heterocycles. The van der Waals surface area contributed by atoms with Gasteiger partial charge in [-0.15, -0.1) is 11.3 Å². The van der Waals surface area contributed by atoms with Gasteiger partial charge >= 0.3 is 0 Å². The Bertz CT molecular complexity index is 1260. The van der Waals surface area contributed by atoms with Gasteiger partial charge in [0.15, 0.2) is 11.6 Å². The number of carbonyl (C=O) groups is 2. The van der Waals surface area contributed by atoms with Gasteiger partial charge in [-0.2, -0.15) is 0 Å². The van der Waals surface area contributed by atoms with Crippen molar-refractivity contribution in [3.8, 4) is 5.75 Å². The zero-order chi connectivity index (χ0) is 25.8. The Hall–Kier alpha value is -2.94. The van der Waals surface area contributed by atoms with Crippen molar-refractivity contribution in [3.63, 3.8) is 0 Å². The quantitative estimate of drug-likeness (QED) is 0.384. The summed E-state index contributed by atoms with van der Waals surface area (Å²) in [5, 5.41) is 2.46. The van der Waals surface area contributed by atoms with Crippen LogP contribution in [0.2, 0.25) is 5.02 Å². The van der Waals surface area contributed by atoms with Crippen molar-refractivity contribution in [1.29, 1.82) is 0 Å². The lowest BCUT2D eigenvalue weighted by Gasteiger charge is -2.37. The first-order chi connectivity index (χ1) is 18.0. The highest BCUT2D eigenvalue weighted by atomic mass is 35.5. The van der Waals surface area contributed by atoms with E-state index in [0.717, 1.165) is 24.8 Å². The minimum Gasteiger partial charge on any atom is -0.488 e. The number of hydrogen-bond donors (Lipinski definition) is 0. The van der Waals surface area contributed by atoms with E-state index in [1.807, 2.05) is 11.4 Å². The lowest BCUT2D eigenvalue weighted by Crippen LogP contribution is -2.49. The maximum atomic E-state index is 14.2. The van der Waals surface area contributed by atoms with Crippen molar-refractivity contribution in [2.45, 2.75) is 31.4 Å². The van der Waals surface area contributed by atoms with Crippen molar-refractivity contribution in [1.82, 2.24) is 9.80 Å². The van der Waals surface area contributed by atoms with Gasteiger partial charge in [0.05, 0.1) is 12.1 Å². The number of thiophene rings is 1. The van der Waals surface area contributed by atoms with Crippen LogP contribution in [0.15, 0.2) is 60.0 Å². The first-order valence-corrected chi connectivity index (χ1v) is 13.6. The third-order valence-electron chi connectivity index (χ3n) is 6.78. The molecular formula is C28H28ClFN2O4S. The minimum absolute atomic E-state index is 0.0964. The van der Waals surface area contributed by atoms with Crippen molar-refractivity contribution >= 4 is 34.8 Å². The first-order valence-electron chi connectivity index (χ1n) is 12.4. The molecule has 0 unspecified atom stereocenters.